The number of rotatable bonds is 3. The van der Waals surface area contributed by atoms with Crippen molar-refractivity contribution in [1.29, 1.82) is 0 Å². The van der Waals surface area contributed by atoms with Crippen molar-refractivity contribution >= 4 is 20.9 Å². The van der Waals surface area contributed by atoms with Crippen LogP contribution >= 0.6 is 0 Å². The van der Waals surface area contributed by atoms with Gasteiger partial charge in [0, 0.05) is 17.6 Å². The molecule has 20 heavy (non-hydrogen) atoms. The maximum absolute atomic E-state index is 12.6. The van der Waals surface area contributed by atoms with E-state index in [1.54, 1.807) is 12.3 Å². The van der Waals surface area contributed by atoms with Gasteiger partial charge in [-0.25, -0.2) is 13.1 Å². The summed E-state index contributed by atoms with van der Waals surface area (Å²) in [5.74, 6) is 0.411. The maximum atomic E-state index is 12.6. The van der Waals surface area contributed by atoms with Crippen molar-refractivity contribution in [2.45, 2.75) is 37.6 Å². The molecule has 4 nitrogen and oxygen atoms in total. The summed E-state index contributed by atoms with van der Waals surface area (Å²) in [4.78, 5) is 4.52. The van der Waals surface area contributed by atoms with Crippen molar-refractivity contribution in [3.8, 4) is 0 Å². The minimum atomic E-state index is -3.51. The third-order valence-corrected chi connectivity index (χ3v) is 5.53. The highest BCUT2D eigenvalue weighted by Gasteiger charge is 2.32. The lowest BCUT2D eigenvalue weighted by molar-refractivity contribution is 0.260. The highest BCUT2D eigenvalue weighted by molar-refractivity contribution is 7.89. The fraction of sp³-hybridized carbons (Fsp3) is 0.400. The van der Waals surface area contributed by atoms with Gasteiger partial charge in [0.25, 0.3) is 0 Å². The first kappa shape index (κ1) is 13.5. The summed E-state index contributed by atoms with van der Waals surface area (Å²) in [5.41, 5.74) is 1.46. The summed E-state index contributed by atoms with van der Waals surface area (Å²) in [6.45, 7) is 3.97. The predicted octanol–water partition coefficient (Wildman–Crippen LogP) is 2.62. The van der Waals surface area contributed by atoms with Crippen molar-refractivity contribution in [3.63, 3.8) is 0 Å². The SMILES string of the molecule is Cc1cc(S(=O)(=O)N[C@@H]2CCC2C)c2ncccc2c1. The fourth-order valence-electron chi connectivity index (χ4n) is 2.61. The van der Waals surface area contributed by atoms with Crippen LogP contribution in [0.1, 0.15) is 25.3 Å². The van der Waals surface area contributed by atoms with E-state index in [1.807, 2.05) is 25.1 Å². The molecule has 2 aromatic rings. The van der Waals surface area contributed by atoms with Crippen LogP contribution in [0.5, 0.6) is 0 Å². The van der Waals surface area contributed by atoms with Crippen molar-refractivity contribution in [3.05, 3.63) is 36.0 Å². The van der Waals surface area contributed by atoms with Crippen LogP contribution in [0.15, 0.2) is 35.4 Å². The second-order valence-electron chi connectivity index (χ2n) is 5.62. The topological polar surface area (TPSA) is 59.1 Å². The number of sulfonamides is 1. The van der Waals surface area contributed by atoms with Crippen LogP contribution in [0.3, 0.4) is 0 Å². The molecule has 0 saturated heterocycles. The largest absolute Gasteiger partial charge is 0.255 e. The van der Waals surface area contributed by atoms with Gasteiger partial charge in [-0.3, -0.25) is 4.98 Å². The Labute approximate surface area is 119 Å². The fourth-order valence-corrected chi connectivity index (χ4v) is 4.25. The van der Waals surface area contributed by atoms with E-state index in [1.165, 1.54) is 0 Å². The van der Waals surface area contributed by atoms with Gasteiger partial charge in [0.05, 0.1) is 5.52 Å². The lowest BCUT2D eigenvalue weighted by Gasteiger charge is -2.34. The predicted molar refractivity (Wildman–Crippen MR) is 79.0 cm³/mol. The lowest BCUT2D eigenvalue weighted by atomic mass is 9.82. The lowest BCUT2D eigenvalue weighted by Crippen LogP contribution is -2.45. The number of nitrogens with one attached hydrogen (secondary N) is 1. The monoisotopic (exact) mass is 290 g/mol. The summed E-state index contributed by atoms with van der Waals surface area (Å²) >= 11 is 0. The first-order valence-corrected chi connectivity index (χ1v) is 8.33. The van der Waals surface area contributed by atoms with E-state index in [-0.39, 0.29) is 10.9 Å². The van der Waals surface area contributed by atoms with E-state index in [2.05, 4.69) is 16.6 Å². The Hall–Kier alpha value is -1.46. The van der Waals surface area contributed by atoms with Crippen LogP contribution in [-0.2, 0) is 10.0 Å². The minimum absolute atomic E-state index is 0.0549. The summed E-state index contributed by atoms with van der Waals surface area (Å²) in [7, 11) is -3.51. The third kappa shape index (κ3) is 2.31. The van der Waals surface area contributed by atoms with Crippen LogP contribution < -0.4 is 4.72 Å². The molecule has 1 aromatic carbocycles. The van der Waals surface area contributed by atoms with Gasteiger partial charge in [0.2, 0.25) is 10.0 Å². The van der Waals surface area contributed by atoms with E-state index in [4.69, 9.17) is 0 Å². The number of fused-ring (bicyclic) bond motifs is 1. The van der Waals surface area contributed by atoms with Gasteiger partial charge in [-0.15, -0.1) is 0 Å². The van der Waals surface area contributed by atoms with E-state index in [0.29, 0.717) is 11.4 Å². The van der Waals surface area contributed by atoms with Gasteiger partial charge < -0.3 is 0 Å². The molecule has 5 heteroatoms. The van der Waals surface area contributed by atoms with Gasteiger partial charge in [-0.05, 0) is 49.4 Å². The zero-order valence-corrected chi connectivity index (χ0v) is 12.4. The molecule has 1 aromatic heterocycles. The molecule has 0 bridgehead atoms. The van der Waals surface area contributed by atoms with Gasteiger partial charge in [0.15, 0.2) is 0 Å². The maximum Gasteiger partial charge on any atom is 0.243 e. The van der Waals surface area contributed by atoms with Crippen LogP contribution in [0.2, 0.25) is 0 Å². The van der Waals surface area contributed by atoms with Crippen LogP contribution in [0.25, 0.3) is 10.9 Å². The Bertz CT molecular complexity index is 756. The molecule has 106 valence electrons. The highest BCUT2D eigenvalue weighted by atomic mass is 32.2. The van der Waals surface area contributed by atoms with E-state index < -0.39 is 10.0 Å². The highest BCUT2D eigenvalue weighted by Crippen LogP contribution is 2.29. The third-order valence-electron chi connectivity index (χ3n) is 4.03. The van der Waals surface area contributed by atoms with Crippen molar-refractivity contribution in [2.24, 2.45) is 5.92 Å². The first-order chi connectivity index (χ1) is 9.47. The van der Waals surface area contributed by atoms with Gasteiger partial charge in [0.1, 0.15) is 4.90 Å². The zero-order valence-electron chi connectivity index (χ0n) is 11.6. The Morgan fingerprint density at radius 2 is 2.10 bits per heavy atom. The van der Waals surface area contributed by atoms with E-state index >= 15 is 0 Å². The average Bonchev–Trinajstić information content (AvgIpc) is 2.42. The molecule has 0 amide bonds. The van der Waals surface area contributed by atoms with E-state index in [9.17, 15) is 8.42 Å². The molecule has 1 unspecified atom stereocenters. The smallest absolute Gasteiger partial charge is 0.243 e. The Kier molecular flexibility index (Phi) is 3.26. The summed E-state index contributed by atoms with van der Waals surface area (Å²) < 4.78 is 28.0. The standard InChI is InChI=1S/C15H18N2O2S/c1-10-8-12-4-3-7-16-15(12)14(9-10)20(18,19)17-13-6-5-11(13)2/h3-4,7-9,11,13,17H,5-6H2,1-2H3/t11?,13-/m1/s1. The number of nitrogens with zero attached hydrogens (tertiary/aromatic N) is 1. The molecule has 3 rings (SSSR count). The zero-order chi connectivity index (χ0) is 14.3. The summed E-state index contributed by atoms with van der Waals surface area (Å²) in [6, 6.07) is 7.41. The first-order valence-electron chi connectivity index (χ1n) is 6.85. The van der Waals surface area contributed by atoms with Crippen molar-refractivity contribution in [1.82, 2.24) is 9.71 Å². The van der Waals surface area contributed by atoms with Gasteiger partial charge in [-0.2, -0.15) is 0 Å². The molecular formula is C15H18N2O2S. The average molecular weight is 290 g/mol. The Balaban J connectivity index is 2.08. The molecule has 1 aliphatic carbocycles. The molecule has 2 atom stereocenters. The number of benzene rings is 1. The normalized spacial score (nSPS) is 22.7. The van der Waals surface area contributed by atoms with Crippen LogP contribution in [-0.4, -0.2) is 19.4 Å². The van der Waals surface area contributed by atoms with Crippen molar-refractivity contribution in [2.75, 3.05) is 0 Å². The van der Waals surface area contributed by atoms with Gasteiger partial charge >= 0.3 is 0 Å². The minimum Gasteiger partial charge on any atom is -0.255 e. The number of hydrogen-bond acceptors (Lipinski definition) is 3. The molecule has 1 heterocycles. The molecule has 1 N–H and O–H groups in total. The van der Waals surface area contributed by atoms with Crippen molar-refractivity contribution < 1.29 is 8.42 Å². The van der Waals surface area contributed by atoms with Gasteiger partial charge in [-0.1, -0.05) is 13.0 Å². The number of pyridine rings is 1. The quantitative estimate of drug-likeness (QED) is 0.945. The number of aromatic nitrogens is 1. The molecule has 1 saturated carbocycles. The van der Waals surface area contributed by atoms with E-state index in [0.717, 1.165) is 23.8 Å². The van der Waals surface area contributed by atoms with Crippen LogP contribution in [0, 0.1) is 12.8 Å². The molecule has 0 radical (unpaired) electrons. The van der Waals surface area contributed by atoms with Crippen LogP contribution in [0.4, 0.5) is 0 Å². The number of hydrogen-bond donors (Lipinski definition) is 1. The summed E-state index contributed by atoms with van der Waals surface area (Å²) in [6.07, 6.45) is 3.63. The Morgan fingerprint density at radius 3 is 2.75 bits per heavy atom. The second-order valence-corrected chi connectivity index (χ2v) is 7.30. The molecule has 0 spiro atoms. The molecule has 1 fully saturated rings. The molecule has 0 aliphatic heterocycles. The summed E-state index contributed by atoms with van der Waals surface area (Å²) in [5, 5.41) is 0.856. The number of aryl methyl sites for hydroxylation is 1. The molecular weight excluding hydrogens is 272 g/mol. The molecule has 1 aliphatic rings. The Morgan fingerprint density at radius 1 is 1.30 bits per heavy atom. The second kappa shape index (κ2) is 4.82.